The van der Waals surface area contributed by atoms with Gasteiger partial charge in [0.1, 0.15) is 5.75 Å². The Hall–Kier alpha value is -2.07. The molecule has 0 radical (unpaired) electrons. The second kappa shape index (κ2) is 5.74. The SMILES string of the molecule is Cn1cccc1C(=O)COc1ccc2ccccc2c1Br. The van der Waals surface area contributed by atoms with Crippen molar-refractivity contribution >= 4 is 32.5 Å². The predicted molar refractivity (Wildman–Crippen MR) is 86.9 cm³/mol. The van der Waals surface area contributed by atoms with E-state index in [0.29, 0.717) is 11.4 Å². The van der Waals surface area contributed by atoms with Gasteiger partial charge in [0.05, 0.1) is 10.2 Å². The lowest BCUT2D eigenvalue weighted by molar-refractivity contribution is 0.0913. The summed E-state index contributed by atoms with van der Waals surface area (Å²) in [6, 6.07) is 15.5. The third-order valence-electron chi connectivity index (χ3n) is 3.42. The van der Waals surface area contributed by atoms with E-state index in [1.807, 2.05) is 55.7 Å². The molecule has 0 saturated heterocycles. The zero-order valence-electron chi connectivity index (χ0n) is 11.5. The molecule has 3 nitrogen and oxygen atoms in total. The monoisotopic (exact) mass is 343 g/mol. The van der Waals surface area contributed by atoms with E-state index in [0.717, 1.165) is 15.2 Å². The highest BCUT2D eigenvalue weighted by Crippen LogP contribution is 2.33. The molecule has 21 heavy (non-hydrogen) atoms. The number of aryl methyl sites for hydroxylation is 1. The molecule has 2 aromatic carbocycles. The molecule has 0 atom stereocenters. The third-order valence-corrected chi connectivity index (χ3v) is 4.23. The Morgan fingerprint density at radius 3 is 2.71 bits per heavy atom. The Morgan fingerprint density at radius 2 is 1.95 bits per heavy atom. The first kappa shape index (κ1) is 13.9. The minimum atomic E-state index is -0.0393. The van der Waals surface area contributed by atoms with Crippen molar-refractivity contribution in [1.29, 1.82) is 0 Å². The summed E-state index contributed by atoms with van der Waals surface area (Å²) >= 11 is 3.55. The van der Waals surface area contributed by atoms with Crippen LogP contribution in [0, 0.1) is 0 Å². The first-order chi connectivity index (χ1) is 10.2. The molecule has 0 fully saturated rings. The average molecular weight is 344 g/mol. The molecule has 1 heterocycles. The number of aromatic nitrogens is 1. The van der Waals surface area contributed by atoms with Crippen molar-refractivity contribution in [2.75, 3.05) is 6.61 Å². The quantitative estimate of drug-likeness (QED) is 0.664. The molecule has 106 valence electrons. The fourth-order valence-electron chi connectivity index (χ4n) is 2.29. The van der Waals surface area contributed by atoms with Crippen LogP contribution < -0.4 is 4.74 Å². The van der Waals surface area contributed by atoms with Crippen LogP contribution in [0.1, 0.15) is 10.5 Å². The van der Waals surface area contributed by atoms with Crippen LogP contribution in [-0.4, -0.2) is 17.0 Å². The van der Waals surface area contributed by atoms with Gasteiger partial charge in [-0.2, -0.15) is 0 Å². The van der Waals surface area contributed by atoms with Gasteiger partial charge in [-0.1, -0.05) is 30.3 Å². The number of nitrogens with zero attached hydrogens (tertiary/aromatic N) is 1. The van der Waals surface area contributed by atoms with E-state index < -0.39 is 0 Å². The van der Waals surface area contributed by atoms with Crippen molar-refractivity contribution in [3.63, 3.8) is 0 Å². The van der Waals surface area contributed by atoms with Crippen LogP contribution >= 0.6 is 15.9 Å². The van der Waals surface area contributed by atoms with Crippen molar-refractivity contribution in [3.05, 3.63) is 64.9 Å². The molecule has 0 spiro atoms. The molecule has 3 rings (SSSR count). The molecule has 0 N–H and O–H groups in total. The van der Waals surface area contributed by atoms with Crippen LogP contribution in [0.3, 0.4) is 0 Å². The van der Waals surface area contributed by atoms with Gasteiger partial charge in [-0.3, -0.25) is 4.79 Å². The first-order valence-corrected chi connectivity index (χ1v) is 7.40. The molecule has 0 saturated carbocycles. The van der Waals surface area contributed by atoms with Gasteiger partial charge < -0.3 is 9.30 Å². The lowest BCUT2D eigenvalue weighted by Gasteiger charge is -2.10. The van der Waals surface area contributed by atoms with E-state index in [1.165, 1.54) is 0 Å². The highest BCUT2D eigenvalue weighted by Gasteiger charge is 2.12. The maximum absolute atomic E-state index is 12.1. The largest absolute Gasteiger partial charge is 0.484 e. The van der Waals surface area contributed by atoms with E-state index >= 15 is 0 Å². The summed E-state index contributed by atoms with van der Waals surface area (Å²) in [6.07, 6.45) is 1.85. The van der Waals surface area contributed by atoms with Gasteiger partial charge in [-0.05, 0) is 44.9 Å². The van der Waals surface area contributed by atoms with Crippen molar-refractivity contribution < 1.29 is 9.53 Å². The highest BCUT2D eigenvalue weighted by atomic mass is 79.9. The van der Waals surface area contributed by atoms with E-state index in [1.54, 1.807) is 10.6 Å². The van der Waals surface area contributed by atoms with E-state index in [-0.39, 0.29) is 12.4 Å². The molecular formula is C17H14BrNO2. The van der Waals surface area contributed by atoms with Crippen LogP contribution in [-0.2, 0) is 7.05 Å². The Balaban J connectivity index is 1.81. The lowest BCUT2D eigenvalue weighted by Crippen LogP contribution is -2.14. The van der Waals surface area contributed by atoms with Gasteiger partial charge in [-0.25, -0.2) is 0 Å². The van der Waals surface area contributed by atoms with Crippen molar-refractivity contribution in [1.82, 2.24) is 4.57 Å². The van der Waals surface area contributed by atoms with Gasteiger partial charge >= 0.3 is 0 Å². The molecule has 1 aromatic heterocycles. The molecule has 0 bridgehead atoms. The number of halogens is 1. The van der Waals surface area contributed by atoms with Gasteiger partial charge in [0, 0.05) is 13.2 Å². The number of hydrogen-bond donors (Lipinski definition) is 0. The Labute approximate surface area is 131 Å². The minimum absolute atomic E-state index is 0.0226. The number of carbonyl (C=O) groups is 1. The minimum Gasteiger partial charge on any atom is -0.484 e. The summed E-state index contributed by atoms with van der Waals surface area (Å²) in [5.74, 6) is 0.638. The number of fused-ring (bicyclic) bond motifs is 1. The highest BCUT2D eigenvalue weighted by molar-refractivity contribution is 9.10. The number of Topliss-reactive ketones (excluding diaryl/α,β-unsaturated/α-hetero) is 1. The standard InChI is InChI=1S/C17H14BrNO2/c1-19-10-4-7-14(19)15(20)11-21-16-9-8-12-5-2-3-6-13(12)17(16)18/h2-10H,11H2,1H3. The molecule has 4 heteroatoms. The van der Waals surface area contributed by atoms with Crippen LogP contribution in [0.5, 0.6) is 5.75 Å². The Bertz CT molecular complexity index is 807. The Morgan fingerprint density at radius 1 is 1.14 bits per heavy atom. The maximum atomic E-state index is 12.1. The van der Waals surface area contributed by atoms with E-state index in [9.17, 15) is 4.79 Å². The van der Waals surface area contributed by atoms with Gasteiger partial charge in [0.25, 0.3) is 0 Å². The smallest absolute Gasteiger partial charge is 0.216 e. The number of carbonyl (C=O) groups excluding carboxylic acids is 1. The van der Waals surface area contributed by atoms with Crippen LogP contribution in [0.25, 0.3) is 10.8 Å². The second-order valence-electron chi connectivity index (χ2n) is 4.82. The molecular weight excluding hydrogens is 330 g/mol. The van der Waals surface area contributed by atoms with Crippen molar-refractivity contribution in [3.8, 4) is 5.75 Å². The van der Waals surface area contributed by atoms with Gasteiger partial charge in [-0.15, -0.1) is 0 Å². The number of ether oxygens (including phenoxy) is 1. The van der Waals surface area contributed by atoms with Crippen LogP contribution in [0.2, 0.25) is 0 Å². The van der Waals surface area contributed by atoms with E-state index in [4.69, 9.17) is 4.74 Å². The maximum Gasteiger partial charge on any atom is 0.216 e. The average Bonchev–Trinajstić information content (AvgIpc) is 2.93. The lowest BCUT2D eigenvalue weighted by atomic mass is 10.1. The predicted octanol–water partition coefficient (Wildman–Crippen LogP) is 4.20. The normalized spacial score (nSPS) is 10.8. The van der Waals surface area contributed by atoms with Crippen LogP contribution in [0.4, 0.5) is 0 Å². The Kier molecular flexibility index (Phi) is 3.80. The number of ketones is 1. The van der Waals surface area contributed by atoms with Gasteiger partial charge in [0.2, 0.25) is 5.78 Å². The molecule has 0 unspecified atom stereocenters. The summed E-state index contributed by atoms with van der Waals surface area (Å²) in [7, 11) is 1.85. The zero-order valence-corrected chi connectivity index (χ0v) is 13.1. The summed E-state index contributed by atoms with van der Waals surface area (Å²) in [4.78, 5) is 12.1. The molecule has 0 aliphatic heterocycles. The zero-order chi connectivity index (χ0) is 14.8. The molecule has 0 aliphatic rings. The van der Waals surface area contributed by atoms with Crippen molar-refractivity contribution in [2.45, 2.75) is 0 Å². The molecule has 0 amide bonds. The summed E-state index contributed by atoms with van der Waals surface area (Å²) in [6.45, 7) is 0.0226. The summed E-state index contributed by atoms with van der Waals surface area (Å²) in [5, 5.41) is 2.20. The van der Waals surface area contributed by atoms with Crippen molar-refractivity contribution in [2.24, 2.45) is 7.05 Å². The third kappa shape index (κ3) is 2.72. The van der Waals surface area contributed by atoms with Gasteiger partial charge in [0.15, 0.2) is 6.61 Å². The number of benzene rings is 2. The number of hydrogen-bond acceptors (Lipinski definition) is 2. The fraction of sp³-hybridized carbons (Fsp3) is 0.118. The second-order valence-corrected chi connectivity index (χ2v) is 5.61. The fourth-order valence-corrected chi connectivity index (χ4v) is 2.90. The first-order valence-electron chi connectivity index (χ1n) is 6.61. The molecule has 0 aliphatic carbocycles. The molecule has 3 aromatic rings. The number of rotatable bonds is 4. The van der Waals surface area contributed by atoms with E-state index in [2.05, 4.69) is 15.9 Å². The summed E-state index contributed by atoms with van der Waals surface area (Å²) in [5.41, 5.74) is 0.645. The topological polar surface area (TPSA) is 31.2 Å². The summed E-state index contributed by atoms with van der Waals surface area (Å²) < 4.78 is 8.34. The van der Waals surface area contributed by atoms with Crippen LogP contribution in [0.15, 0.2) is 59.2 Å².